The Labute approximate surface area is 174 Å². The molecule has 0 saturated carbocycles. The van der Waals surface area contributed by atoms with E-state index in [2.05, 4.69) is 108 Å². The number of nitrogens with zero attached hydrogens (tertiary/aromatic N) is 1. The zero-order chi connectivity index (χ0) is 19.9. The molecule has 6 rings (SSSR count). The zero-order valence-corrected chi connectivity index (χ0v) is 16.3. The quantitative estimate of drug-likeness (QED) is 0.305. The van der Waals surface area contributed by atoms with Gasteiger partial charge in [-0.25, -0.2) is 0 Å². The second-order valence-corrected chi connectivity index (χ2v) is 7.42. The van der Waals surface area contributed by atoms with Crippen LogP contribution in [0.4, 0.5) is 17.1 Å². The molecule has 2 heteroatoms. The normalized spacial score (nSPS) is 11.3. The number of rotatable bonds is 3. The van der Waals surface area contributed by atoms with E-state index in [4.69, 9.17) is 4.42 Å². The topological polar surface area (TPSA) is 16.4 Å². The van der Waals surface area contributed by atoms with Crippen LogP contribution >= 0.6 is 0 Å². The van der Waals surface area contributed by atoms with E-state index in [9.17, 15) is 0 Å². The molecule has 142 valence electrons. The molecule has 5 aromatic carbocycles. The average Bonchev–Trinajstić information content (AvgIpc) is 3.20. The van der Waals surface area contributed by atoms with Crippen LogP contribution in [0.2, 0.25) is 0 Å². The summed E-state index contributed by atoms with van der Waals surface area (Å²) in [7, 11) is 0. The third kappa shape index (κ3) is 2.58. The largest absolute Gasteiger partial charge is 0.455 e. The summed E-state index contributed by atoms with van der Waals surface area (Å²) in [5.74, 6) is 0. The first-order valence-corrected chi connectivity index (χ1v) is 10.1. The molecule has 0 N–H and O–H groups in total. The summed E-state index contributed by atoms with van der Waals surface area (Å²) in [5.41, 5.74) is 5.25. The molecule has 0 amide bonds. The van der Waals surface area contributed by atoms with Gasteiger partial charge >= 0.3 is 0 Å². The minimum atomic E-state index is 0.917. The minimum Gasteiger partial charge on any atom is -0.455 e. The lowest BCUT2D eigenvalue weighted by Gasteiger charge is -2.27. The van der Waals surface area contributed by atoms with Gasteiger partial charge in [-0.15, -0.1) is 0 Å². The van der Waals surface area contributed by atoms with Crippen molar-refractivity contribution in [2.45, 2.75) is 0 Å². The standard InChI is InChI=1S/C28H19NO/c1-3-11-20(12-4-1)29(21-13-5-2-6-14-21)26-19-25-23-16-9-10-18-27(23)30-28(25)24-17-8-7-15-22(24)26/h1-19H. The molecule has 0 bridgehead atoms. The van der Waals surface area contributed by atoms with E-state index < -0.39 is 0 Å². The van der Waals surface area contributed by atoms with Gasteiger partial charge in [-0.3, -0.25) is 0 Å². The minimum absolute atomic E-state index is 0.917. The van der Waals surface area contributed by atoms with E-state index in [-0.39, 0.29) is 0 Å². The number of fused-ring (bicyclic) bond motifs is 5. The Hall–Kier alpha value is -4.04. The fourth-order valence-corrected chi connectivity index (χ4v) is 4.29. The Morgan fingerprint density at radius 3 is 1.67 bits per heavy atom. The van der Waals surface area contributed by atoms with E-state index in [1.54, 1.807) is 0 Å². The highest BCUT2D eigenvalue weighted by atomic mass is 16.3. The highest BCUT2D eigenvalue weighted by Gasteiger charge is 2.19. The molecule has 0 radical (unpaired) electrons. The number of furan rings is 1. The van der Waals surface area contributed by atoms with Crippen molar-refractivity contribution in [3.05, 3.63) is 115 Å². The first kappa shape index (κ1) is 16.9. The number of hydrogen-bond donors (Lipinski definition) is 0. The van der Waals surface area contributed by atoms with E-state index in [1.165, 1.54) is 0 Å². The Bertz CT molecular complexity index is 1440. The van der Waals surface area contributed by atoms with E-state index in [1.807, 2.05) is 12.1 Å². The maximum atomic E-state index is 6.29. The summed E-state index contributed by atoms with van der Waals surface area (Å²) in [6.07, 6.45) is 0. The van der Waals surface area contributed by atoms with Gasteiger partial charge in [-0.2, -0.15) is 0 Å². The summed E-state index contributed by atoms with van der Waals surface area (Å²) < 4.78 is 6.29. The van der Waals surface area contributed by atoms with Crippen LogP contribution in [0.1, 0.15) is 0 Å². The third-order valence-corrected chi connectivity index (χ3v) is 5.63. The van der Waals surface area contributed by atoms with Crippen LogP contribution in [0.3, 0.4) is 0 Å². The maximum Gasteiger partial charge on any atom is 0.143 e. The van der Waals surface area contributed by atoms with E-state index in [0.717, 1.165) is 49.8 Å². The summed E-state index contributed by atoms with van der Waals surface area (Å²) in [6, 6.07) is 40.1. The molecule has 0 aliphatic carbocycles. The first-order valence-electron chi connectivity index (χ1n) is 10.1. The van der Waals surface area contributed by atoms with Gasteiger partial charge < -0.3 is 9.32 Å². The van der Waals surface area contributed by atoms with Gasteiger partial charge in [-0.1, -0.05) is 78.9 Å². The predicted octanol–water partition coefficient (Wildman–Crippen LogP) is 8.21. The molecule has 6 aromatic rings. The van der Waals surface area contributed by atoms with Gasteiger partial charge in [0, 0.05) is 32.9 Å². The predicted molar refractivity (Wildman–Crippen MR) is 126 cm³/mol. The molecule has 0 unspecified atom stereocenters. The Morgan fingerprint density at radius 1 is 0.467 bits per heavy atom. The Balaban J connectivity index is 1.75. The number of benzene rings is 5. The monoisotopic (exact) mass is 385 g/mol. The molecule has 2 nitrogen and oxygen atoms in total. The molecule has 0 aliphatic heterocycles. The number of anilines is 3. The second-order valence-electron chi connectivity index (χ2n) is 7.42. The summed E-state index contributed by atoms with van der Waals surface area (Å²) in [6.45, 7) is 0. The number of hydrogen-bond acceptors (Lipinski definition) is 2. The summed E-state index contributed by atoms with van der Waals surface area (Å²) >= 11 is 0. The Morgan fingerprint density at radius 2 is 1.00 bits per heavy atom. The van der Waals surface area contributed by atoms with Crippen molar-refractivity contribution in [3.8, 4) is 0 Å². The highest BCUT2D eigenvalue weighted by molar-refractivity contribution is 6.19. The van der Waals surface area contributed by atoms with E-state index in [0.29, 0.717) is 0 Å². The average molecular weight is 385 g/mol. The molecule has 0 aliphatic rings. The van der Waals surface area contributed by atoms with Crippen LogP contribution < -0.4 is 4.90 Å². The fourth-order valence-electron chi connectivity index (χ4n) is 4.29. The van der Waals surface area contributed by atoms with Gasteiger partial charge in [0.1, 0.15) is 11.2 Å². The smallest absolute Gasteiger partial charge is 0.143 e. The lowest BCUT2D eigenvalue weighted by atomic mass is 10.0. The Kier molecular flexibility index (Phi) is 3.82. The molecule has 30 heavy (non-hydrogen) atoms. The molecule has 0 fully saturated rings. The highest BCUT2D eigenvalue weighted by Crippen LogP contribution is 2.44. The van der Waals surface area contributed by atoms with Crippen LogP contribution in [0, 0.1) is 0 Å². The van der Waals surface area contributed by atoms with Crippen molar-refractivity contribution in [3.63, 3.8) is 0 Å². The fraction of sp³-hybridized carbons (Fsp3) is 0. The van der Waals surface area contributed by atoms with Crippen molar-refractivity contribution in [1.29, 1.82) is 0 Å². The summed E-state index contributed by atoms with van der Waals surface area (Å²) in [4.78, 5) is 2.32. The van der Waals surface area contributed by atoms with Crippen molar-refractivity contribution in [1.82, 2.24) is 0 Å². The SMILES string of the molecule is c1ccc(N(c2ccccc2)c2cc3c4ccccc4oc3c3ccccc23)cc1. The molecular formula is C28H19NO. The number of para-hydroxylation sites is 3. The van der Waals surface area contributed by atoms with Crippen molar-refractivity contribution in [2.75, 3.05) is 4.90 Å². The molecule has 0 saturated heterocycles. The van der Waals surface area contributed by atoms with Crippen molar-refractivity contribution >= 4 is 49.8 Å². The maximum absolute atomic E-state index is 6.29. The lowest BCUT2D eigenvalue weighted by molar-refractivity contribution is 0.672. The van der Waals surface area contributed by atoms with Crippen LogP contribution in [-0.4, -0.2) is 0 Å². The van der Waals surface area contributed by atoms with Crippen LogP contribution in [0.15, 0.2) is 120 Å². The van der Waals surface area contributed by atoms with Crippen molar-refractivity contribution < 1.29 is 4.42 Å². The van der Waals surface area contributed by atoms with Crippen LogP contribution in [0.25, 0.3) is 32.7 Å². The van der Waals surface area contributed by atoms with Crippen LogP contribution in [0.5, 0.6) is 0 Å². The van der Waals surface area contributed by atoms with Crippen LogP contribution in [-0.2, 0) is 0 Å². The second kappa shape index (κ2) is 6.78. The van der Waals surface area contributed by atoms with Gasteiger partial charge in [0.15, 0.2) is 0 Å². The molecule has 0 spiro atoms. The van der Waals surface area contributed by atoms with Gasteiger partial charge in [0.25, 0.3) is 0 Å². The molecule has 0 atom stereocenters. The molecule has 1 aromatic heterocycles. The molecule has 1 heterocycles. The van der Waals surface area contributed by atoms with Gasteiger partial charge in [0.2, 0.25) is 0 Å². The van der Waals surface area contributed by atoms with Gasteiger partial charge in [-0.05, 0) is 36.4 Å². The first-order chi connectivity index (χ1) is 14.9. The third-order valence-electron chi connectivity index (χ3n) is 5.63. The van der Waals surface area contributed by atoms with Gasteiger partial charge in [0.05, 0.1) is 5.69 Å². The summed E-state index contributed by atoms with van der Waals surface area (Å²) in [5, 5.41) is 4.56. The molecular weight excluding hydrogens is 366 g/mol. The lowest BCUT2D eigenvalue weighted by Crippen LogP contribution is -2.10. The zero-order valence-electron chi connectivity index (χ0n) is 16.3. The van der Waals surface area contributed by atoms with Crippen molar-refractivity contribution in [2.24, 2.45) is 0 Å². The van der Waals surface area contributed by atoms with E-state index >= 15 is 0 Å².